The highest BCUT2D eigenvalue weighted by atomic mass is 16.5. The Balaban J connectivity index is 2.07. The first kappa shape index (κ1) is 17.9. The quantitative estimate of drug-likeness (QED) is 0.688. The first-order valence-corrected chi connectivity index (χ1v) is 7.89. The molecule has 0 fully saturated rings. The number of esters is 1. The average Bonchev–Trinajstić information content (AvgIpc) is 2.92. The van der Waals surface area contributed by atoms with Crippen LogP contribution >= 0.6 is 0 Å². The largest absolute Gasteiger partial charge is 0.493 e. The molecule has 24 heavy (non-hydrogen) atoms. The van der Waals surface area contributed by atoms with Crippen LogP contribution in [0.2, 0.25) is 0 Å². The molecule has 0 aliphatic rings. The van der Waals surface area contributed by atoms with Crippen molar-refractivity contribution in [2.45, 2.75) is 33.5 Å². The Labute approximate surface area is 142 Å². The Hall–Kier alpha value is -2.41. The average molecular weight is 332 g/mol. The number of nitrogens with zero attached hydrogens (tertiary/aromatic N) is 4. The number of aromatic nitrogens is 3. The summed E-state index contributed by atoms with van der Waals surface area (Å²) in [5, 5.41) is 7.99. The van der Waals surface area contributed by atoms with Gasteiger partial charge in [-0.25, -0.2) is 0 Å². The number of aryl methyl sites for hydroxylation is 1. The Bertz CT molecular complexity index is 684. The van der Waals surface area contributed by atoms with Gasteiger partial charge in [0.15, 0.2) is 0 Å². The lowest BCUT2D eigenvalue weighted by molar-refractivity contribution is -0.142. The van der Waals surface area contributed by atoms with Gasteiger partial charge >= 0.3 is 5.97 Å². The fourth-order valence-corrected chi connectivity index (χ4v) is 2.38. The fourth-order valence-electron chi connectivity index (χ4n) is 2.38. The molecule has 7 heteroatoms. The minimum Gasteiger partial charge on any atom is -0.493 e. The molecule has 7 nitrogen and oxygen atoms in total. The highest BCUT2D eigenvalue weighted by molar-refractivity contribution is 5.66. The van der Waals surface area contributed by atoms with E-state index in [1.54, 1.807) is 6.33 Å². The number of carbonyl (C=O) groups is 1. The Kier molecular flexibility index (Phi) is 6.31. The van der Waals surface area contributed by atoms with Gasteiger partial charge in [0.1, 0.15) is 24.5 Å². The van der Waals surface area contributed by atoms with Gasteiger partial charge in [0.05, 0.1) is 13.2 Å². The van der Waals surface area contributed by atoms with E-state index in [0.29, 0.717) is 13.2 Å². The van der Waals surface area contributed by atoms with E-state index in [2.05, 4.69) is 15.1 Å². The molecule has 0 spiro atoms. The monoisotopic (exact) mass is 332 g/mol. The van der Waals surface area contributed by atoms with Crippen molar-refractivity contribution < 1.29 is 14.3 Å². The lowest BCUT2D eigenvalue weighted by atomic mass is 10.1. The molecule has 2 rings (SSSR count). The molecule has 0 bridgehead atoms. The van der Waals surface area contributed by atoms with Gasteiger partial charge in [-0.3, -0.25) is 9.69 Å². The van der Waals surface area contributed by atoms with Crippen molar-refractivity contribution in [3.05, 3.63) is 41.5 Å². The fraction of sp³-hybridized carbons (Fsp3) is 0.471. The molecule has 0 saturated carbocycles. The van der Waals surface area contributed by atoms with Crippen LogP contribution in [0.3, 0.4) is 0 Å². The SMILES string of the molecule is CCOc1ccc(CN(C)Cc2nncn2C)cc1COC(C)=O. The zero-order chi connectivity index (χ0) is 17.5. The van der Waals surface area contributed by atoms with E-state index in [9.17, 15) is 4.79 Å². The third-order valence-corrected chi connectivity index (χ3v) is 3.52. The Morgan fingerprint density at radius 1 is 1.33 bits per heavy atom. The van der Waals surface area contributed by atoms with Crippen molar-refractivity contribution in [2.24, 2.45) is 7.05 Å². The minimum atomic E-state index is -0.303. The van der Waals surface area contributed by atoms with Crippen molar-refractivity contribution in [3.63, 3.8) is 0 Å². The second-order valence-corrected chi connectivity index (χ2v) is 5.69. The predicted molar refractivity (Wildman–Crippen MR) is 89.3 cm³/mol. The molecule has 0 aliphatic carbocycles. The number of rotatable bonds is 8. The normalized spacial score (nSPS) is 10.9. The maximum atomic E-state index is 11.1. The van der Waals surface area contributed by atoms with Gasteiger partial charge in [-0.2, -0.15) is 0 Å². The van der Waals surface area contributed by atoms with Crippen LogP contribution in [0.25, 0.3) is 0 Å². The van der Waals surface area contributed by atoms with E-state index in [1.807, 2.05) is 43.8 Å². The molecule has 0 amide bonds. The van der Waals surface area contributed by atoms with Crippen LogP contribution in [0.15, 0.2) is 24.5 Å². The van der Waals surface area contributed by atoms with Crippen LogP contribution in [0.1, 0.15) is 30.8 Å². The standard InChI is InChI=1S/C17H24N4O3/c1-5-23-16-7-6-14(8-15(16)11-24-13(2)22)9-20(3)10-17-19-18-12-21(17)4/h6-8,12H,5,9-11H2,1-4H3. The number of hydrogen-bond donors (Lipinski definition) is 0. The summed E-state index contributed by atoms with van der Waals surface area (Å²) >= 11 is 0. The Morgan fingerprint density at radius 2 is 2.12 bits per heavy atom. The molecular weight excluding hydrogens is 308 g/mol. The zero-order valence-electron chi connectivity index (χ0n) is 14.7. The molecule has 0 saturated heterocycles. The number of benzene rings is 1. The summed E-state index contributed by atoms with van der Waals surface area (Å²) in [6, 6.07) is 5.96. The van der Waals surface area contributed by atoms with Gasteiger partial charge in [0.25, 0.3) is 0 Å². The summed E-state index contributed by atoms with van der Waals surface area (Å²) < 4.78 is 12.6. The van der Waals surface area contributed by atoms with Crippen molar-refractivity contribution in [3.8, 4) is 5.75 Å². The number of hydrogen-bond acceptors (Lipinski definition) is 6. The smallest absolute Gasteiger partial charge is 0.302 e. The van der Waals surface area contributed by atoms with E-state index in [1.165, 1.54) is 6.92 Å². The summed E-state index contributed by atoms with van der Waals surface area (Å²) in [6.07, 6.45) is 1.69. The maximum absolute atomic E-state index is 11.1. The summed E-state index contributed by atoms with van der Waals surface area (Å²) in [4.78, 5) is 13.2. The highest BCUT2D eigenvalue weighted by Crippen LogP contribution is 2.22. The van der Waals surface area contributed by atoms with Crippen LogP contribution in [-0.4, -0.2) is 39.3 Å². The number of carbonyl (C=O) groups excluding carboxylic acids is 1. The molecule has 0 radical (unpaired) electrons. The van der Waals surface area contributed by atoms with Crippen LogP contribution in [0.4, 0.5) is 0 Å². The molecule has 1 heterocycles. The lowest BCUT2D eigenvalue weighted by Gasteiger charge is -2.18. The number of ether oxygens (including phenoxy) is 2. The van der Waals surface area contributed by atoms with Crippen LogP contribution in [-0.2, 0) is 36.3 Å². The summed E-state index contributed by atoms with van der Waals surface area (Å²) in [5.74, 6) is 1.35. The van der Waals surface area contributed by atoms with Crippen LogP contribution in [0.5, 0.6) is 5.75 Å². The molecule has 1 aromatic heterocycles. The van der Waals surface area contributed by atoms with E-state index < -0.39 is 0 Å². The van der Waals surface area contributed by atoms with Gasteiger partial charge < -0.3 is 14.0 Å². The van der Waals surface area contributed by atoms with Gasteiger partial charge in [0.2, 0.25) is 0 Å². The van der Waals surface area contributed by atoms with E-state index in [-0.39, 0.29) is 12.6 Å². The van der Waals surface area contributed by atoms with Gasteiger partial charge in [-0.1, -0.05) is 6.07 Å². The van der Waals surface area contributed by atoms with Crippen LogP contribution in [0, 0.1) is 0 Å². The Morgan fingerprint density at radius 3 is 2.75 bits per heavy atom. The molecule has 0 N–H and O–H groups in total. The molecule has 130 valence electrons. The lowest BCUT2D eigenvalue weighted by Crippen LogP contribution is -2.19. The van der Waals surface area contributed by atoms with Crippen molar-refractivity contribution in [1.29, 1.82) is 0 Å². The first-order valence-electron chi connectivity index (χ1n) is 7.89. The van der Waals surface area contributed by atoms with Crippen LogP contribution < -0.4 is 4.74 Å². The highest BCUT2D eigenvalue weighted by Gasteiger charge is 2.10. The van der Waals surface area contributed by atoms with Crippen molar-refractivity contribution in [1.82, 2.24) is 19.7 Å². The predicted octanol–water partition coefficient (Wildman–Crippen LogP) is 1.91. The zero-order valence-corrected chi connectivity index (χ0v) is 14.7. The topological polar surface area (TPSA) is 69.5 Å². The second kappa shape index (κ2) is 8.44. The van der Waals surface area contributed by atoms with Crippen molar-refractivity contribution >= 4 is 5.97 Å². The van der Waals surface area contributed by atoms with E-state index >= 15 is 0 Å². The van der Waals surface area contributed by atoms with E-state index in [4.69, 9.17) is 9.47 Å². The maximum Gasteiger partial charge on any atom is 0.302 e. The van der Waals surface area contributed by atoms with Gasteiger partial charge in [-0.05, 0) is 31.7 Å². The summed E-state index contributed by atoms with van der Waals surface area (Å²) in [7, 11) is 3.95. The second-order valence-electron chi connectivity index (χ2n) is 5.69. The molecule has 0 atom stereocenters. The van der Waals surface area contributed by atoms with Crippen molar-refractivity contribution in [2.75, 3.05) is 13.7 Å². The third kappa shape index (κ3) is 5.06. The third-order valence-electron chi connectivity index (χ3n) is 3.52. The molecular formula is C17H24N4O3. The summed E-state index contributed by atoms with van der Waals surface area (Å²) in [5.41, 5.74) is 1.99. The van der Waals surface area contributed by atoms with Gasteiger partial charge in [-0.15, -0.1) is 10.2 Å². The molecule has 2 aromatic rings. The summed E-state index contributed by atoms with van der Waals surface area (Å²) in [6.45, 7) is 5.55. The molecule has 1 aromatic carbocycles. The molecule has 0 unspecified atom stereocenters. The van der Waals surface area contributed by atoms with E-state index in [0.717, 1.165) is 29.2 Å². The molecule has 0 aliphatic heterocycles. The minimum absolute atomic E-state index is 0.214. The first-order chi connectivity index (χ1) is 11.5. The van der Waals surface area contributed by atoms with Gasteiger partial charge in [0, 0.05) is 26.1 Å².